The van der Waals surface area contributed by atoms with Crippen molar-refractivity contribution in [2.45, 2.75) is 6.42 Å². The first-order valence-corrected chi connectivity index (χ1v) is 4.27. The molecule has 1 aromatic carbocycles. The van der Waals surface area contributed by atoms with Gasteiger partial charge in [0.2, 0.25) is 0 Å². The molecule has 0 aliphatic carbocycles. The van der Waals surface area contributed by atoms with E-state index in [-0.39, 0.29) is 5.97 Å². The van der Waals surface area contributed by atoms with Crippen molar-refractivity contribution in [2.24, 2.45) is 5.90 Å². The number of carbonyl (C=O) groups is 1. The van der Waals surface area contributed by atoms with E-state index in [0.717, 1.165) is 5.56 Å². The molecular formula is C10H13NO3. The Hall–Kier alpha value is -1.39. The highest BCUT2D eigenvalue weighted by molar-refractivity contribution is 5.90. The van der Waals surface area contributed by atoms with E-state index in [0.29, 0.717) is 18.6 Å². The number of ether oxygens (including phenoxy) is 1. The maximum atomic E-state index is 11.3. The van der Waals surface area contributed by atoms with Gasteiger partial charge in [0, 0.05) is 0 Å². The lowest BCUT2D eigenvalue weighted by molar-refractivity contribution is 0.0598. The maximum absolute atomic E-state index is 11.3. The Kier molecular flexibility index (Phi) is 4.10. The number of methoxy groups -OCH3 is 1. The van der Waals surface area contributed by atoms with Crippen LogP contribution in [0.2, 0.25) is 0 Å². The lowest BCUT2D eigenvalue weighted by Crippen LogP contribution is -2.09. The molecule has 0 aliphatic rings. The number of hydrogen-bond donors (Lipinski definition) is 1. The molecule has 0 unspecified atom stereocenters. The van der Waals surface area contributed by atoms with Crippen LogP contribution in [0.5, 0.6) is 0 Å². The van der Waals surface area contributed by atoms with Crippen LogP contribution in [0, 0.1) is 0 Å². The van der Waals surface area contributed by atoms with Crippen molar-refractivity contribution >= 4 is 5.97 Å². The molecule has 0 saturated heterocycles. The highest BCUT2D eigenvalue weighted by atomic mass is 16.6. The molecule has 2 N–H and O–H groups in total. The Morgan fingerprint density at radius 1 is 1.43 bits per heavy atom. The van der Waals surface area contributed by atoms with E-state index in [2.05, 4.69) is 9.57 Å². The van der Waals surface area contributed by atoms with Crippen molar-refractivity contribution in [2.75, 3.05) is 13.7 Å². The monoisotopic (exact) mass is 195 g/mol. The summed E-state index contributed by atoms with van der Waals surface area (Å²) in [4.78, 5) is 15.8. The quantitative estimate of drug-likeness (QED) is 0.573. The van der Waals surface area contributed by atoms with Gasteiger partial charge >= 0.3 is 5.97 Å². The van der Waals surface area contributed by atoms with E-state index in [1.807, 2.05) is 12.1 Å². The Bertz CT molecular complexity index is 312. The highest BCUT2D eigenvalue weighted by Gasteiger charge is 2.09. The molecule has 14 heavy (non-hydrogen) atoms. The maximum Gasteiger partial charge on any atom is 0.338 e. The van der Waals surface area contributed by atoms with Gasteiger partial charge in [-0.25, -0.2) is 10.7 Å². The van der Waals surface area contributed by atoms with Gasteiger partial charge in [-0.15, -0.1) is 0 Å². The SMILES string of the molecule is COC(=O)c1ccccc1CCON. The number of hydrogen-bond acceptors (Lipinski definition) is 4. The van der Waals surface area contributed by atoms with Crippen molar-refractivity contribution in [3.05, 3.63) is 35.4 Å². The van der Waals surface area contributed by atoms with Gasteiger partial charge < -0.3 is 9.57 Å². The number of benzene rings is 1. The standard InChI is InChI=1S/C10H13NO3/c1-13-10(12)9-5-3-2-4-8(9)6-7-14-11/h2-5H,6-7,11H2,1H3. The highest BCUT2D eigenvalue weighted by Crippen LogP contribution is 2.10. The molecule has 4 heteroatoms. The summed E-state index contributed by atoms with van der Waals surface area (Å²) in [5.41, 5.74) is 1.44. The third-order valence-electron chi connectivity index (χ3n) is 1.91. The summed E-state index contributed by atoms with van der Waals surface area (Å²) in [6.45, 7) is 0.383. The molecule has 4 nitrogen and oxygen atoms in total. The van der Waals surface area contributed by atoms with Crippen LogP contribution < -0.4 is 5.90 Å². The van der Waals surface area contributed by atoms with Gasteiger partial charge in [0.05, 0.1) is 19.3 Å². The molecule has 0 aromatic heterocycles. The first-order valence-electron chi connectivity index (χ1n) is 4.27. The van der Waals surface area contributed by atoms with Gasteiger partial charge in [-0.3, -0.25) is 0 Å². The van der Waals surface area contributed by atoms with Crippen molar-refractivity contribution in [3.8, 4) is 0 Å². The molecule has 0 heterocycles. The number of esters is 1. The van der Waals surface area contributed by atoms with Crippen LogP contribution >= 0.6 is 0 Å². The van der Waals surface area contributed by atoms with Crippen molar-refractivity contribution in [1.82, 2.24) is 0 Å². The second-order valence-corrected chi connectivity index (χ2v) is 2.77. The van der Waals surface area contributed by atoms with E-state index in [1.165, 1.54) is 7.11 Å². The second-order valence-electron chi connectivity index (χ2n) is 2.77. The van der Waals surface area contributed by atoms with Crippen LogP contribution in [0.3, 0.4) is 0 Å². The van der Waals surface area contributed by atoms with Gasteiger partial charge in [-0.05, 0) is 18.1 Å². The molecule has 0 fully saturated rings. The first-order chi connectivity index (χ1) is 6.79. The summed E-state index contributed by atoms with van der Waals surface area (Å²) in [7, 11) is 1.36. The summed E-state index contributed by atoms with van der Waals surface area (Å²) in [5, 5.41) is 0. The van der Waals surface area contributed by atoms with Gasteiger partial charge in [0.15, 0.2) is 0 Å². The van der Waals surface area contributed by atoms with Crippen molar-refractivity contribution < 1.29 is 14.4 Å². The molecule has 0 atom stereocenters. The van der Waals surface area contributed by atoms with E-state index >= 15 is 0 Å². The van der Waals surface area contributed by atoms with Crippen LogP contribution in [0.15, 0.2) is 24.3 Å². The summed E-state index contributed by atoms with van der Waals surface area (Å²) >= 11 is 0. The molecule has 1 rings (SSSR count). The summed E-state index contributed by atoms with van der Waals surface area (Å²) in [6, 6.07) is 7.22. The molecule has 0 radical (unpaired) electrons. The average Bonchev–Trinajstić information content (AvgIpc) is 2.25. The smallest absolute Gasteiger partial charge is 0.338 e. The van der Waals surface area contributed by atoms with Gasteiger partial charge in [-0.2, -0.15) is 0 Å². The van der Waals surface area contributed by atoms with Crippen LogP contribution in [0.4, 0.5) is 0 Å². The predicted molar refractivity (Wildman–Crippen MR) is 51.6 cm³/mol. The second kappa shape index (κ2) is 5.36. The molecular weight excluding hydrogens is 182 g/mol. The average molecular weight is 195 g/mol. The first kappa shape index (κ1) is 10.7. The van der Waals surface area contributed by atoms with Crippen molar-refractivity contribution in [1.29, 1.82) is 0 Å². The fraction of sp³-hybridized carbons (Fsp3) is 0.300. The minimum absolute atomic E-state index is 0.336. The molecule has 0 spiro atoms. The van der Waals surface area contributed by atoms with E-state index in [1.54, 1.807) is 12.1 Å². The molecule has 0 saturated carbocycles. The Balaban J connectivity index is 2.85. The molecule has 1 aromatic rings. The minimum Gasteiger partial charge on any atom is -0.465 e. The van der Waals surface area contributed by atoms with E-state index in [4.69, 9.17) is 5.90 Å². The van der Waals surface area contributed by atoms with Crippen LogP contribution in [0.25, 0.3) is 0 Å². The predicted octanol–water partition coefficient (Wildman–Crippen LogP) is 0.906. The molecule has 0 aliphatic heterocycles. The lowest BCUT2D eigenvalue weighted by atomic mass is 10.1. The third kappa shape index (κ3) is 2.55. The normalized spacial score (nSPS) is 9.86. The largest absolute Gasteiger partial charge is 0.465 e. The molecule has 0 bridgehead atoms. The summed E-state index contributed by atoms with van der Waals surface area (Å²) < 4.78 is 4.65. The minimum atomic E-state index is -0.336. The molecule has 76 valence electrons. The Morgan fingerprint density at radius 3 is 2.79 bits per heavy atom. The Labute approximate surface area is 82.6 Å². The van der Waals surface area contributed by atoms with Crippen LogP contribution in [-0.2, 0) is 16.0 Å². The zero-order valence-corrected chi connectivity index (χ0v) is 8.03. The summed E-state index contributed by atoms with van der Waals surface area (Å²) in [5.74, 6) is 4.58. The van der Waals surface area contributed by atoms with Crippen molar-refractivity contribution in [3.63, 3.8) is 0 Å². The van der Waals surface area contributed by atoms with E-state index < -0.39 is 0 Å². The number of nitrogens with two attached hydrogens (primary N) is 1. The van der Waals surface area contributed by atoms with E-state index in [9.17, 15) is 4.79 Å². The fourth-order valence-electron chi connectivity index (χ4n) is 1.22. The lowest BCUT2D eigenvalue weighted by Gasteiger charge is -2.06. The third-order valence-corrected chi connectivity index (χ3v) is 1.91. The zero-order valence-electron chi connectivity index (χ0n) is 8.03. The number of rotatable bonds is 4. The van der Waals surface area contributed by atoms with Gasteiger partial charge in [-0.1, -0.05) is 18.2 Å². The molecule has 0 amide bonds. The number of carbonyl (C=O) groups excluding carboxylic acids is 1. The Morgan fingerprint density at radius 2 is 2.14 bits per heavy atom. The summed E-state index contributed by atoms with van der Waals surface area (Å²) in [6.07, 6.45) is 0.599. The van der Waals surface area contributed by atoms with Gasteiger partial charge in [0.25, 0.3) is 0 Å². The topological polar surface area (TPSA) is 61.5 Å². The fourth-order valence-corrected chi connectivity index (χ4v) is 1.22. The van der Waals surface area contributed by atoms with Crippen LogP contribution in [0.1, 0.15) is 15.9 Å². The van der Waals surface area contributed by atoms with Crippen LogP contribution in [-0.4, -0.2) is 19.7 Å². The zero-order chi connectivity index (χ0) is 10.4. The van der Waals surface area contributed by atoms with Gasteiger partial charge in [0.1, 0.15) is 0 Å².